The second-order valence-electron chi connectivity index (χ2n) is 5.30. The molecular weight excluding hydrogens is 310 g/mol. The van der Waals surface area contributed by atoms with E-state index < -0.39 is 0 Å². The van der Waals surface area contributed by atoms with Crippen molar-refractivity contribution in [3.63, 3.8) is 0 Å². The van der Waals surface area contributed by atoms with Crippen molar-refractivity contribution in [2.24, 2.45) is 0 Å². The maximum atomic E-state index is 5.88. The molecular formula is C17H16ClN5. The van der Waals surface area contributed by atoms with E-state index in [2.05, 4.69) is 45.7 Å². The zero-order valence-electron chi connectivity index (χ0n) is 12.8. The molecule has 0 saturated carbocycles. The summed E-state index contributed by atoms with van der Waals surface area (Å²) in [7, 11) is 0. The van der Waals surface area contributed by atoms with Gasteiger partial charge in [0.15, 0.2) is 5.82 Å². The highest BCUT2D eigenvalue weighted by molar-refractivity contribution is 6.30. The Balaban J connectivity index is 1.78. The lowest BCUT2D eigenvalue weighted by molar-refractivity contribution is 0.982. The van der Waals surface area contributed by atoms with Gasteiger partial charge in [-0.15, -0.1) is 5.10 Å². The van der Waals surface area contributed by atoms with Gasteiger partial charge in [0.25, 0.3) is 0 Å². The van der Waals surface area contributed by atoms with Crippen LogP contribution in [0, 0.1) is 13.8 Å². The Morgan fingerprint density at radius 2 is 1.57 bits per heavy atom. The summed E-state index contributed by atoms with van der Waals surface area (Å²) in [6, 6.07) is 13.6. The molecule has 6 heteroatoms. The minimum Gasteiger partial charge on any atom is -0.339 e. The quantitative estimate of drug-likeness (QED) is 0.732. The Kier molecular flexibility index (Phi) is 4.39. The fourth-order valence-electron chi connectivity index (χ4n) is 2.27. The summed E-state index contributed by atoms with van der Waals surface area (Å²) in [5.41, 5.74) is 4.17. The maximum Gasteiger partial charge on any atom is 0.249 e. The van der Waals surface area contributed by atoms with E-state index >= 15 is 0 Å². The summed E-state index contributed by atoms with van der Waals surface area (Å²) in [4.78, 5) is 4.42. The SMILES string of the molecule is Cc1cc(C)cc(Nc2nncc(Nc3ccc(Cl)cc3)n2)c1. The first kappa shape index (κ1) is 15.2. The Morgan fingerprint density at radius 1 is 0.870 bits per heavy atom. The third-order valence-electron chi connectivity index (χ3n) is 3.15. The van der Waals surface area contributed by atoms with Crippen molar-refractivity contribution < 1.29 is 0 Å². The van der Waals surface area contributed by atoms with Crippen LogP contribution in [0.5, 0.6) is 0 Å². The van der Waals surface area contributed by atoms with E-state index in [0.29, 0.717) is 16.8 Å². The number of nitrogens with one attached hydrogen (secondary N) is 2. The monoisotopic (exact) mass is 325 g/mol. The Labute approximate surface area is 139 Å². The Hall–Kier alpha value is -2.66. The number of halogens is 1. The molecule has 0 aliphatic heterocycles. The predicted molar refractivity (Wildman–Crippen MR) is 93.8 cm³/mol. The summed E-state index contributed by atoms with van der Waals surface area (Å²) in [5.74, 6) is 1.04. The van der Waals surface area contributed by atoms with Crippen LogP contribution in [0.4, 0.5) is 23.1 Å². The van der Waals surface area contributed by atoms with Crippen molar-refractivity contribution in [2.75, 3.05) is 10.6 Å². The molecule has 0 bridgehead atoms. The summed E-state index contributed by atoms with van der Waals surface area (Å²) >= 11 is 5.88. The van der Waals surface area contributed by atoms with Crippen LogP contribution < -0.4 is 10.6 Å². The number of aryl methyl sites for hydroxylation is 2. The molecule has 0 unspecified atom stereocenters. The van der Waals surface area contributed by atoms with Crippen molar-refractivity contribution in [1.29, 1.82) is 0 Å². The van der Waals surface area contributed by atoms with Gasteiger partial charge in [-0.1, -0.05) is 17.7 Å². The molecule has 3 rings (SSSR count). The van der Waals surface area contributed by atoms with Gasteiger partial charge in [0.1, 0.15) is 0 Å². The van der Waals surface area contributed by atoms with Gasteiger partial charge in [0, 0.05) is 16.4 Å². The lowest BCUT2D eigenvalue weighted by atomic mass is 10.1. The lowest BCUT2D eigenvalue weighted by Gasteiger charge is -2.09. The van der Waals surface area contributed by atoms with Gasteiger partial charge >= 0.3 is 0 Å². The van der Waals surface area contributed by atoms with Gasteiger partial charge in [-0.05, 0) is 61.4 Å². The van der Waals surface area contributed by atoms with E-state index in [9.17, 15) is 0 Å². The molecule has 0 aliphatic carbocycles. The largest absolute Gasteiger partial charge is 0.339 e. The van der Waals surface area contributed by atoms with Crippen molar-refractivity contribution >= 4 is 34.7 Å². The van der Waals surface area contributed by atoms with Crippen LogP contribution in [0.3, 0.4) is 0 Å². The standard InChI is InChI=1S/C17H16ClN5/c1-11-7-12(2)9-15(8-11)21-17-22-16(10-19-23-17)20-14-5-3-13(18)4-6-14/h3-10H,1-2H3,(H2,20,21,22,23). The van der Waals surface area contributed by atoms with Gasteiger partial charge in [0.05, 0.1) is 6.20 Å². The van der Waals surface area contributed by atoms with Crippen molar-refractivity contribution in [3.8, 4) is 0 Å². The van der Waals surface area contributed by atoms with E-state index in [-0.39, 0.29) is 0 Å². The molecule has 0 amide bonds. The average molecular weight is 326 g/mol. The first-order valence-corrected chi connectivity index (χ1v) is 7.54. The minimum atomic E-state index is 0.439. The number of nitrogens with zero attached hydrogens (tertiary/aromatic N) is 3. The fraction of sp³-hybridized carbons (Fsp3) is 0.118. The average Bonchev–Trinajstić information content (AvgIpc) is 2.49. The first-order valence-electron chi connectivity index (χ1n) is 7.16. The van der Waals surface area contributed by atoms with E-state index in [4.69, 9.17) is 11.6 Å². The number of anilines is 4. The van der Waals surface area contributed by atoms with Crippen LogP contribution in [-0.4, -0.2) is 15.2 Å². The number of hydrogen-bond acceptors (Lipinski definition) is 5. The van der Waals surface area contributed by atoms with Crippen LogP contribution >= 0.6 is 11.6 Å². The van der Waals surface area contributed by atoms with Gasteiger partial charge in [-0.3, -0.25) is 0 Å². The molecule has 3 aromatic rings. The molecule has 1 heterocycles. The number of rotatable bonds is 4. The molecule has 0 spiro atoms. The van der Waals surface area contributed by atoms with Crippen LogP contribution in [0.1, 0.15) is 11.1 Å². The van der Waals surface area contributed by atoms with Crippen LogP contribution in [0.25, 0.3) is 0 Å². The molecule has 0 fully saturated rings. The Morgan fingerprint density at radius 3 is 2.26 bits per heavy atom. The second-order valence-corrected chi connectivity index (χ2v) is 5.73. The highest BCUT2D eigenvalue weighted by atomic mass is 35.5. The summed E-state index contributed by atoms with van der Waals surface area (Å²) < 4.78 is 0. The third kappa shape index (κ3) is 4.17. The minimum absolute atomic E-state index is 0.439. The molecule has 2 N–H and O–H groups in total. The van der Waals surface area contributed by atoms with Crippen LogP contribution in [0.15, 0.2) is 48.7 Å². The molecule has 116 valence electrons. The van der Waals surface area contributed by atoms with Gasteiger partial charge < -0.3 is 10.6 Å². The predicted octanol–water partition coefficient (Wildman–Crippen LogP) is 4.63. The second kappa shape index (κ2) is 6.62. The van der Waals surface area contributed by atoms with E-state index in [1.807, 2.05) is 36.4 Å². The van der Waals surface area contributed by atoms with E-state index in [1.165, 1.54) is 11.1 Å². The van der Waals surface area contributed by atoms with Gasteiger partial charge in [0.2, 0.25) is 5.95 Å². The summed E-state index contributed by atoms with van der Waals surface area (Å²) in [6.07, 6.45) is 1.57. The van der Waals surface area contributed by atoms with Crippen LogP contribution in [-0.2, 0) is 0 Å². The first-order chi connectivity index (χ1) is 11.1. The van der Waals surface area contributed by atoms with Crippen molar-refractivity contribution in [2.45, 2.75) is 13.8 Å². The van der Waals surface area contributed by atoms with Crippen molar-refractivity contribution in [3.05, 3.63) is 64.8 Å². The van der Waals surface area contributed by atoms with Gasteiger partial charge in [-0.2, -0.15) is 10.1 Å². The third-order valence-corrected chi connectivity index (χ3v) is 3.41. The molecule has 0 radical (unpaired) electrons. The normalized spacial score (nSPS) is 10.4. The van der Waals surface area contributed by atoms with Crippen molar-refractivity contribution in [1.82, 2.24) is 15.2 Å². The molecule has 0 saturated heterocycles. The zero-order valence-corrected chi connectivity index (χ0v) is 13.6. The molecule has 23 heavy (non-hydrogen) atoms. The van der Waals surface area contributed by atoms with E-state index in [1.54, 1.807) is 6.20 Å². The summed E-state index contributed by atoms with van der Waals surface area (Å²) in [6.45, 7) is 4.10. The molecule has 0 aliphatic rings. The zero-order chi connectivity index (χ0) is 16.2. The number of hydrogen-bond donors (Lipinski definition) is 2. The van der Waals surface area contributed by atoms with Crippen LogP contribution in [0.2, 0.25) is 5.02 Å². The smallest absolute Gasteiger partial charge is 0.249 e. The lowest BCUT2D eigenvalue weighted by Crippen LogP contribution is -2.02. The molecule has 0 atom stereocenters. The maximum absolute atomic E-state index is 5.88. The van der Waals surface area contributed by atoms with E-state index in [0.717, 1.165) is 11.4 Å². The summed E-state index contributed by atoms with van der Waals surface area (Å²) in [5, 5.41) is 15.0. The highest BCUT2D eigenvalue weighted by Gasteiger charge is 2.03. The number of benzene rings is 2. The highest BCUT2D eigenvalue weighted by Crippen LogP contribution is 2.20. The fourth-order valence-corrected chi connectivity index (χ4v) is 2.40. The Bertz CT molecular complexity index is 797. The molecule has 1 aromatic heterocycles. The number of aromatic nitrogens is 3. The topological polar surface area (TPSA) is 62.7 Å². The molecule has 5 nitrogen and oxygen atoms in total. The molecule has 2 aromatic carbocycles. The van der Waals surface area contributed by atoms with Gasteiger partial charge in [-0.25, -0.2) is 0 Å².